The molecule has 162 valence electrons. The molecule has 31 heavy (non-hydrogen) atoms. The molecule has 1 fully saturated rings. The van der Waals surface area contributed by atoms with Crippen molar-refractivity contribution >= 4 is 0 Å². The molecule has 1 aliphatic rings. The van der Waals surface area contributed by atoms with Gasteiger partial charge in [0.05, 0.1) is 24.5 Å². The Kier molecular flexibility index (Phi) is 5.74. The van der Waals surface area contributed by atoms with Crippen LogP contribution in [-0.2, 0) is 0 Å². The van der Waals surface area contributed by atoms with Gasteiger partial charge in [-0.3, -0.25) is 9.36 Å². The fourth-order valence-corrected chi connectivity index (χ4v) is 3.16. The van der Waals surface area contributed by atoms with Crippen LogP contribution >= 0.6 is 0 Å². The molecule has 0 bridgehead atoms. The van der Waals surface area contributed by atoms with Crippen LogP contribution in [0.3, 0.4) is 0 Å². The van der Waals surface area contributed by atoms with E-state index >= 15 is 0 Å². The van der Waals surface area contributed by atoms with Gasteiger partial charge in [0.15, 0.2) is 11.5 Å². The van der Waals surface area contributed by atoms with Crippen LogP contribution in [0.2, 0.25) is 0 Å². The normalized spacial score (nSPS) is 13.7. The summed E-state index contributed by atoms with van der Waals surface area (Å²) < 4.78 is 18.4. The average Bonchev–Trinajstić information content (AvgIpc) is 3.56. The number of nitrogens with zero attached hydrogens (tertiary/aromatic N) is 1. The molecule has 6 heteroatoms. The first kappa shape index (κ1) is 21.0. The minimum absolute atomic E-state index is 0.127. The summed E-state index contributed by atoms with van der Waals surface area (Å²) in [4.78, 5) is 12.8. The summed E-state index contributed by atoms with van der Waals surface area (Å²) in [5.74, 6) is 1.86. The van der Waals surface area contributed by atoms with Gasteiger partial charge in [0.2, 0.25) is 0 Å². The van der Waals surface area contributed by atoms with Gasteiger partial charge in [-0.25, -0.2) is 0 Å². The third-order valence-electron chi connectivity index (χ3n) is 4.94. The second-order valence-corrected chi connectivity index (χ2v) is 8.40. The largest absolute Gasteiger partial charge is 0.493 e. The van der Waals surface area contributed by atoms with E-state index in [2.05, 4.69) is 0 Å². The minimum atomic E-state index is -0.960. The third kappa shape index (κ3) is 5.27. The van der Waals surface area contributed by atoms with Gasteiger partial charge in [-0.15, -0.1) is 0 Å². The number of methoxy groups -OCH3 is 1. The molecule has 1 aliphatic carbocycles. The van der Waals surface area contributed by atoms with E-state index in [1.54, 1.807) is 56.0 Å². The maximum Gasteiger partial charge on any atom is 0.255 e. The molecular weight excluding hydrogens is 394 g/mol. The zero-order valence-electron chi connectivity index (χ0n) is 18.0. The summed E-state index contributed by atoms with van der Waals surface area (Å²) in [5.41, 5.74) is 1.36. The molecular formula is C25H27NO5. The second-order valence-electron chi connectivity index (χ2n) is 8.40. The molecule has 1 aromatic heterocycles. The number of hydrogen-bond acceptors (Lipinski definition) is 5. The summed E-state index contributed by atoms with van der Waals surface area (Å²) in [5, 5.41) is 9.87. The van der Waals surface area contributed by atoms with Gasteiger partial charge in [0.25, 0.3) is 5.56 Å². The highest BCUT2D eigenvalue weighted by Gasteiger charge is 2.23. The average molecular weight is 421 g/mol. The molecule has 3 aromatic rings. The van der Waals surface area contributed by atoms with Crippen molar-refractivity contribution < 1.29 is 19.3 Å². The smallest absolute Gasteiger partial charge is 0.255 e. The van der Waals surface area contributed by atoms with Crippen molar-refractivity contribution in [1.82, 2.24) is 4.57 Å². The van der Waals surface area contributed by atoms with Crippen molar-refractivity contribution in [1.29, 1.82) is 0 Å². The van der Waals surface area contributed by atoms with E-state index in [9.17, 15) is 9.90 Å². The van der Waals surface area contributed by atoms with Crippen molar-refractivity contribution in [2.75, 3.05) is 13.7 Å². The second kappa shape index (κ2) is 8.47. The molecule has 0 unspecified atom stereocenters. The van der Waals surface area contributed by atoms with Crippen molar-refractivity contribution in [2.45, 2.75) is 38.4 Å². The van der Waals surface area contributed by atoms with Crippen molar-refractivity contribution in [2.24, 2.45) is 0 Å². The lowest BCUT2D eigenvalue weighted by Gasteiger charge is -2.19. The van der Waals surface area contributed by atoms with Crippen molar-refractivity contribution in [3.05, 3.63) is 71.1 Å². The van der Waals surface area contributed by atoms with Crippen LogP contribution in [0, 0.1) is 0 Å². The molecule has 0 saturated heterocycles. The van der Waals surface area contributed by atoms with Gasteiger partial charge in [-0.2, -0.15) is 0 Å². The number of ether oxygens (including phenoxy) is 3. The van der Waals surface area contributed by atoms with Gasteiger partial charge >= 0.3 is 0 Å². The van der Waals surface area contributed by atoms with E-state index < -0.39 is 5.60 Å². The minimum Gasteiger partial charge on any atom is -0.493 e. The highest BCUT2D eigenvalue weighted by atomic mass is 16.5. The molecule has 0 aliphatic heterocycles. The van der Waals surface area contributed by atoms with E-state index in [4.69, 9.17) is 14.2 Å². The topological polar surface area (TPSA) is 69.9 Å². The quantitative estimate of drug-likeness (QED) is 0.590. The zero-order chi connectivity index (χ0) is 22.0. The molecule has 6 nitrogen and oxygen atoms in total. The lowest BCUT2D eigenvalue weighted by Crippen LogP contribution is -2.28. The molecule has 1 N–H and O–H groups in total. The number of hydrogen-bond donors (Lipinski definition) is 1. The number of rotatable bonds is 8. The Hall–Kier alpha value is -3.25. The predicted molar refractivity (Wildman–Crippen MR) is 119 cm³/mol. The summed E-state index contributed by atoms with van der Waals surface area (Å²) in [6.07, 6.45) is 4.35. The van der Waals surface area contributed by atoms with E-state index in [-0.39, 0.29) is 12.2 Å². The maximum absolute atomic E-state index is 12.8. The number of aromatic nitrogens is 1. The Morgan fingerprint density at radius 3 is 2.35 bits per heavy atom. The summed E-state index contributed by atoms with van der Waals surface area (Å²) >= 11 is 0. The molecule has 1 saturated carbocycles. The number of aliphatic hydroxyl groups is 1. The Balaban J connectivity index is 1.55. The van der Waals surface area contributed by atoms with Crippen LogP contribution in [0.1, 0.15) is 26.7 Å². The lowest BCUT2D eigenvalue weighted by molar-refractivity contribution is 0.0276. The molecule has 4 rings (SSSR count). The van der Waals surface area contributed by atoms with Crippen LogP contribution in [0.4, 0.5) is 0 Å². The predicted octanol–water partition coefficient (Wildman–Crippen LogP) is 4.20. The summed E-state index contributed by atoms with van der Waals surface area (Å²) in [7, 11) is 1.54. The van der Waals surface area contributed by atoms with Crippen LogP contribution in [0.5, 0.6) is 17.2 Å². The fraction of sp³-hybridized carbons (Fsp3) is 0.320. The maximum atomic E-state index is 12.8. The monoisotopic (exact) mass is 421 g/mol. The SMILES string of the molecule is COc1cc(-n2ccc(-c3ccc(OC4CC4)cc3)cc2=O)ccc1OCC(C)(C)O. The van der Waals surface area contributed by atoms with E-state index in [0.29, 0.717) is 23.3 Å². The first-order valence-corrected chi connectivity index (χ1v) is 10.4. The van der Waals surface area contributed by atoms with Gasteiger partial charge in [0, 0.05) is 18.3 Å². The number of pyridine rings is 1. The van der Waals surface area contributed by atoms with Crippen LogP contribution in [-0.4, -0.2) is 35.1 Å². The van der Waals surface area contributed by atoms with E-state index in [1.807, 2.05) is 30.3 Å². The Morgan fingerprint density at radius 1 is 1.00 bits per heavy atom. The standard InChI is InChI=1S/C25H27NO5/c1-25(2,28)16-30-22-11-6-19(15-23(22)29-3)26-13-12-18(14-24(26)27)17-4-7-20(8-5-17)31-21-9-10-21/h4-8,11-15,21,28H,9-10,16H2,1-3H3. The Bertz CT molecular complexity index is 1110. The van der Waals surface area contributed by atoms with Crippen molar-refractivity contribution in [3.8, 4) is 34.1 Å². The first-order chi connectivity index (χ1) is 14.8. The van der Waals surface area contributed by atoms with Crippen LogP contribution in [0.15, 0.2) is 65.6 Å². The number of benzene rings is 2. The third-order valence-corrected chi connectivity index (χ3v) is 4.94. The van der Waals surface area contributed by atoms with Gasteiger partial charge in [-0.1, -0.05) is 12.1 Å². The van der Waals surface area contributed by atoms with Crippen molar-refractivity contribution in [3.63, 3.8) is 0 Å². The Labute approximate surface area is 181 Å². The highest BCUT2D eigenvalue weighted by molar-refractivity contribution is 5.64. The fourth-order valence-electron chi connectivity index (χ4n) is 3.16. The Morgan fingerprint density at radius 2 is 1.74 bits per heavy atom. The summed E-state index contributed by atoms with van der Waals surface area (Å²) in [6, 6.07) is 16.6. The molecule has 1 heterocycles. The molecule has 0 atom stereocenters. The van der Waals surface area contributed by atoms with Gasteiger partial charge < -0.3 is 19.3 Å². The lowest BCUT2D eigenvalue weighted by atomic mass is 10.1. The molecule has 0 spiro atoms. The van der Waals surface area contributed by atoms with Crippen LogP contribution in [0.25, 0.3) is 16.8 Å². The molecule has 0 radical (unpaired) electrons. The van der Waals surface area contributed by atoms with E-state index in [0.717, 1.165) is 29.7 Å². The van der Waals surface area contributed by atoms with Gasteiger partial charge in [0.1, 0.15) is 12.4 Å². The van der Waals surface area contributed by atoms with E-state index in [1.165, 1.54) is 0 Å². The highest BCUT2D eigenvalue weighted by Crippen LogP contribution is 2.31. The first-order valence-electron chi connectivity index (χ1n) is 10.4. The van der Waals surface area contributed by atoms with Crippen LogP contribution < -0.4 is 19.8 Å². The molecule has 2 aromatic carbocycles. The zero-order valence-corrected chi connectivity index (χ0v) is 18.0. The van der Waals surface area contributed by atoms with Gasteiger partial charge in [-0.05, 0) is 68.1 Å². The summed E-state index contributed by atoms with van der Waals surface area (Å²) in [6.45, 7) is 3.47. The molecule has 0 amide bonds.